The van der Waals surface area contributed by atoms with E-state index in [4.69, 9.17) is 0 Å². The molecule has 0 aromatic heterocycles. The Bertz CT molecular complexity index is 830. The van der Waals surface area contributed by atoms with E-state index in [9.17, 15) is 19.8 Å². The molecule has 1 fully saturated rings. The van der Waals surface area contributed by atoms with Crippen molar-refractivity contribution >= 4 is 33.4 Å². The summed E-state index contributed by atoms with van der Waals surface area (Å²) in [7, 11) is 0. The molecule has 2 aromatic carbocycles. The van der Waals surface area contributed by atoms with Gasteiger partial charge in [-0.1, -0.05) is 58.4 Å². The van der Waals surface area contributed by atoms with Gasteiger partial charge >= 0.3 is 0 Å². The van der Waals surface area contributed by atoms with Crippen molar-refractivity contribution in [3.63, 3.8) is 0 Å². The molecule has 25 heavy (non-hydrogen) atoms. The van der Waals surface area contributed by atoms with Gasteiger partial charge < -0.3 is 15.1 Å². The van der Waals surface area contributed by atoms with Crippen molar-refractivity contribution in [2.45, 2.75) is 6.04 Å². The molecule has 2 aromatic rings. The number of Topliss-reactive ketones (excluding diaryl/α,β-unsaturated/α-hetero) is 1. The summed E-state index contributed by atoms with van der Waals surface area (Å²) in [6, 6.07) is 15.1. The summed E-state index contributed by atoms with van der Waals surface area (Å²) in [5.74, 6) is -1.69. The van der Waals surface area contributed by atoms with Crippen molar-refractivity contribution in [1.82, 2.24) is 4.90 Å². The quantitative estimate of drug-likeness (QED) is 0.469. The number of nitrogens with zero attached hydrogens (tertiary/aromatic N) is 1. The van der Waals surface area contributed by atoms with Gasteiger partial charge in [-0.15, -0.1) is 0 Å². The number of hydrogen-bond acceptors (Lipinski definition) is 4. The number of amides is 1. The number of benzene rings is 2. The van der Waals surface area contributed by atoms with Gasteiger partial charge in [0.05, 0.1) is 18.2 Å². The summed E-state index contributed by atoms with van der Waals surface area (Å²) in [5, 5.41) is 20.0. The molecule has 1 atom stereocenters. The highest BCUT2D eigenvalue weighted by Crippen LogP contribution is 2.39. The number of carbonyl (C=O) groups is 2. The van der Waals surface area contributed by atoms with E-state index in [0.717, 1.165) is 4.47 Å². The number of halogens is 1. The molecule has 1 unspecified atom stereocenters. The normalized spacial score (nSPS) is 19.4. The van der Waals surface area contributed by atoms with E-state index in [1.165, 1.54) is 4.90 Å². The van der Waals surface area contributed by atoms with Crippen LogP contribution in [-0.4, -0.2) is 40.0 Å². The minimum absolute atomic E-state index is 0.0151. The predicted octanol–water partition coefficient (Wildman–Crippen LogP) is 2.86. The van der Waals surface area contributed by atoms with E-state index in [2.05, 4.69) is 15.9 Å². The van der Waals surface area contributed by atoms with Gasteiger partial charge in [0.25, 0.3) is 11.7 Å². The molecule has 1 saturated heterocycles. The van der Waals surface area contributed by atoms with Gasteiger partial charge in [-0.25, -0.2) is 0 Å². The maximum absolute atomic E-state index is 12.6. The van der Waals surface area contributed by atoms with E-state index in [1.54, 1.807) is 48.5 Å². The number of aliphatic hydroxyl groups excluding tert-OH is 2. The van der Waals surface area contributed by atoms with Crippen LogP contribution in [0.5, 0.6) is 0 Å². The zero-order valence-corrected chi connectivity index (χ0v) is 14.8. The van der Waals surface area contributed by atoms with Crippen LogP contribution in [-0.2, 0) is 9.59 Å². The Morgan fingerprint density at radius 2 is 1.68 bits per heavy atom. The Kier molecular flexibility index (Phi) is 5.01. The molecule has 0 bridgehead atoms. The molecule has 0 aliphatic carbocycles. The molecule has 1 aliphatic rings. The molecule has 6 heteroatoms. The molecule has 5 nitrogen and oxygen atoms in total. The van der Waals surface area contributed by atoms with Crippen LogP contribution in [0.25, 0.3) is 5.76 Å². The third-order valence-electron chi connectivity index (χ3n) is 4.11. The van der Waals surface area contributed by atoms with Crippen molar-refractivity contribution in [3.8, 4) is 0 Å². The highest BCUT2D eigenvalue weighted by atomic mass is 79.9. The van der Waals surface area contributed by atoms with Crippen molar-refractivity contribution < 1.29 is 19.8 Å². The van der Waals surface area contributed by atoms with Crippen LogP contribution in [0.2, 0.25) is 0 Å². The molecule has 1 aliphatic heterocycles. The minimum atomic E-state index is -0.747. The third kappa shape index (κ3) is 3.23. The first-order valence-corrected chi connectivity index (χ1v) is 8.54. The number of rotatable bonds is 4. The van der Waals surface area contributed by atoms with Crippen LogP contribution >= 0.6 is 15.9 Å². The van der Waals surface area contributed by atoms with Crippen LogP contribution in [0.3, 0.4) is 0 Å². The van der Waals surface area contributed by atoms with Gasteiger partial charge in [0, 0.05) is 16.6 Å². The Morgan fingerprint density at radius 1 is 1.04 bits per heavy atom. The second kappa shape index (κ2) is 7.21. The smallest absolute Gasteiger partial charge is 0.295 e. The molecule has 128 valence electrons. The largest absolute Gasteiger partial charge is 0.507 e. The fraction of sp³-hybridized carbons (Fsp3) is 0.158. The molecule has 3 rings (SSSR count). The molecule has 0 saturated carbocycles. The summed E-state index contributed by atoms with van der Waals surface area (Å²) in [6.45, 7) is -0.254. The zero-order chi connectivity index (χ0) is 18.0. The third-order valence-corrected chi connectivity index (χ3v) is 4.64. The van der Waals surface area contributed by atoms with E-state index in [0.29, 0.717) is 11.1 Å². The standard InChI is InChI=1S/C19H16BrNO4/c20-14-8-6-13(7-9-14)17(23)15-16(12-4-2-1-3-5-12)21(10-11-22)19(25)18(15)24/h1-9,16,22-23H,10-11H2/b17-15+. The van der Waals surface area contributed by atoms with E-state index in [-0.39, 0.29) is 24.5 Å². The van der Waals surface area contributed by atoms with Gasteiger partial charge in [-0.3, -0.25) is 9.59 Å². The Labute approximate surface area is 153 Å². The fourth-order valence-electron chi connectivity index (χ4n) is 2.96. The Balaban J connectivity index is 2.17. The number of ketones is 1. The summed E-state index contributed by atoms with van der Waals surface area (Å²) in [6.07, 6.45) is 0. The lowest BCUT2D eigenvalue weighted by atomic mass is 9.95. The average Bonchev–Trinajstić information content (AvgIpc) is 2.88. The van der Waals surface area contributed by atoms with Gasteiger partial charge in [0.15, 0.2) is 0 Å². The number of aliphatic hydroxyl groups is 2. The monoisotopic (exact) mass is 401 g/mol. The molecule has 1 amide bonds. The van der Waals surface area contributed by atoms with Crippen LogP contribution < -0.4 is 0 Å². The summed E-state index contributed by atoms with van der Waals surface area (Å²) < 4.78 is 0.837. The van der Waals surface area contributed by atoms with Gasteiger partial charge in [0.1, 0.15) is 5.76 Å². The van der Waals surface area contributed by atoms with Crippen LogP contribution in [0.15, 0.2) is 64.6 Å². The van der Waals surface area contributed by atoms with Crippen molar-refractivity contribution in [1.29, 1.82) is 0 Å². The Morgan fingerprint density at radius 3 is 2.28 bits per heavy atom. The minimum Gasteiger partial charge on any atom is -0.507 e. The highest BCUT2D eigenvalue weighted by molar-refractivity contribution is 9.10. The Hall–Kier alpha value is -2.44. The first kappa shape index (κ1) is 17.4. The first-order valence-electron chi connectivity index (χ1n) is 7.74. The maximum Gasteiger partial charge on any atom is 0.295 e. The lowest BCUT2D eigenvalue weighted by Gasteiger charge is -2.24. The van der Waals surface area contributed by atoms with E-state index >= 15 is 0 Å². The van der Waals surface area contributed by atoms with E-state index < -0.39 is 17.7 Å². The number of carbonyl (C=O) groups excluding carboxylic acids is 2. The topological polar surface area (TPSA) is 77.8 Å². The van der Waals surface area contributed by atoms with Crippen LogP contribution in [0.4, 0.5) is 0 Å². The van der Waals surface area contributed by atoms with Crippen molar-refractivity contribution in [3.05, 3.63) is 75.8 Å². The molecular weight excluding hydrogens is 386 g/mol. The number of hydrogen-bond donors (Lipinski definition) is 2. The van der Waals surface area contributed by atoms with Crippen molar-refractivity contribution in [2.75, 3.05) is 13.2 Å². The second-order valence-electron chi connectivity index (χ2n) is 5.63. The number of likely N-dealkylation sites (tertiary alicyclic amines) is 1. The number of β-amino-alcohol motifs (C(OH)–C–C–N with tert-alkyl or cyclic N) is 1. The second-order valence-corrected chi connectivity index (χ2v) is 6.55. The van der Waals surface area contributed by atoms with Gasteiger partial charge in [-0.2, -0.15) is 0 Å². The lowest BCUT2D eigenvalue weighted by Crippen LogP contribution is -2.32. The summed E-state index contributed by atoms with van der Waals surface area (Å²) in [4.78, 5) is 26.2. The lowest BCUT2D eigenvalue weighted by molar-refractivity contribution is -0.140. The molecular formula is C19H16BrNO4. The molecule has 1 heterocycles. The maximum atomic E-state index is 12.6. The molecule has 0 spiro atoms. The van der Waals surface area contributed by atoms with Crippen LogP contribution in [0.1, 0.15) is 17.2 Å². The fourth-order valence-corrected chi connectivity index (χ4v) is 3.23. The summed E-state index contributed by atoms with van der Waals surface area (Å²) >= 11 is 3.32. The summed E-state index contributed by atoms with van der Waals surface area (Å²) in [5.41, 5.74) is 1.19. The first-order chi connectivity index (χ1) is 12.0. The van der Waals surface area contributed by atoms with E-state index in [1.807, 2.05) is 6.07 Å². The van der Waals surface area contributed by atoms with Crippen LogP contribution in [0, 0.1) is 0 Å². The molecule has 0 radical (unpaired) electrons. The van der Waals surface area contributed by atoms with Gasteiger partial charge in [0.2, 0.25) is 0 Å². The van der Waals surface area contributed by atoms with Gasteiger partial charge in [-0.05, 0) is 17.7 Å². The SMILES string of the molecule is O=C1C(=O)N(CCO)C(c2ccccc2)/C1=C(\O)c1ccc(Br)cc1. The van der Waals surface area contributed by atoms with Crippen molar-refractivity contribution in [2.24, 2.45) is 0 Å². The highest BCUT2D eigenvalue weighted by Gasteiger charge is 2.45. The molecule has 2 N–H and O–H groups in total. The zero-order valence-electron chi connectivity index (χ0n) is 13.2. The predicted molar refractivity (Wildman–Crippen MR) is 96.7 cm³/mol. The average molecular weight is 402 g/mol.